The molecule has 0 bridgehead atoms. The van der Waals surface area contributed by atoms with Crippen LogP contribution in [0, 0.1) is 5.82 Å². The molecule has 2 aromatic carbocycles. The van der Waals surface area contributed by atoms with Crippen molar-refractivity contribution in [1.82, 2.24) is 0 Å². The van der Waals surface area contributed by atoms with Crippen LogP contribution in [-0.4, -0.2) is 36.2 Å². The van der Waals surface area contributed by atoms with Crippen LogP contribution < -0.4 is 10.6 Å². The van der Waals surface area contributed by atoms with Gasteiger partial charge in [0.1, 0.15) is 11.1 Å². The van der Waals surface area contributed by atoms with E-state index < -0.39 is 35.5 Å². The number of primary amides is 1. The number of anilines is 1. The molecule has 8 heteroatoms. The maximum absolute atomic E-state index is 13.1. The Labute approximate surface area is 166 Å². The Kier molecular flexibility index (Phi) is 8.01. The number of thioether (sulfide) groups is 1. The summed E-state index contributed by atoms with van der Waals surface area (Å²) in [4.78, 5) is 37.9. The predicted molar refractivity (Wildman–Crippen MR) is 105 cm³/mol. The molecule has 1 unspecified atom stereocenters. The van der Waals surface area contributed by atoms with Crippen LogP contribution in [0.5, 0.6) is 0 Å². The first-order chi connectivity index (χ1) is 13.4. The van der Waals surface area contributed by atoms with Gasteiger partial charge in [0.25, 0.3) is 5.91 Å². The minimum atomic E-state index is -0.579. The van der Waals surface area contributed by atoms with Gasteiger partial charge in [0.15, 0.2) is 6.61 Å². The van der Waals surface area contributed by atoms with Gasteiger partial charge in [0.2, 0.25) is 5.91 Å². The second-order valence-corrected chi connectivity index (χ2v) is 7.33. The van der Waals surface area contributed by atoms with E-state index in [-0.39, 0.29) is 13.0 Å². The molecule has 0 aliphatic carbocycles. The van der Waals surface area contributed by atoms with Crippen molar-refractivity contribution < 1.29 is 23.5 Å². The molecule has 0 fully saturated rings. The van der Waals surface area contributed by atoms with Crippen LogP contribution in [0.1, 0.15) is 13.3 Å². The summed E-state index contributed by atoms with van der Waals surface area (Å²) in [6, 6.07) is 14.6. The van der Waals surface area contributed by atoms with Crippen molar-refractivity contribution in [3.63, 3.8) is 0 Å². The molecule has 0 saturated carbocycles. The Bertz CT molecular complexity index is 815. The van der Waals surface area contributed by atoms with Crippen molar-refractivity contribution in [3.05, 3.63) is 60.4 Å². The van der Waals surface area contributed by atoms with E-state index >= 15 is 0 Å². The van der Waals surface area contributed by atoms with E-state index in [1.54, 1.807) is 6.92 Å². The number of carbonyl (C=O) groups is 3. The summed E-state index contributed by atoms with van der Waals surface area (Å²) in [5.74, 6) is -2.09. The van der Waals surface area contributed by atoms with Crippen LogP contribution in [0.4, 0.5) is 10.1 Å². The third kappa shape index (κ3) is 6.70. The van der Waals surface area contributed by atoms with Gasteiger partial charge in [0, 0.05) is 23.5 Å². The summed E-state index contributed by atoms with van der Waals surface area (Å²) in [5, 5.41) is -0.500. The average Bonchev–Trinajstić information content (AvgIpc) is 2.68. The summed E-state index contributed by atoms with van der Waals surface area (Å²) in [7, 11) is 0. The molecule has 0 aliphatic rings. The minimum Gasteiger partial charge on any atom is -0.455 e. The fourth-order valence-corrected chi connectivity index (χ4v) is 3.21. The second kappa shape index (κ2) is 10.5. The standard InChI is InChI=1S/C20H21FN2O4S/c1-14(28-17-5-3-2-4-6-17)20(26)27-13-19(25)23(12-11-18(22)24)16-9-7-15(21)8-10-16/h2-10,14H,11-13H2,1H3,(H2,22,24). The summed E-state index contributed by atoms with van der Waals surface area (Å²) < 4.78 is 18.3. The lowest BCUT2D eigenvalue weighted by atomic mass is 10.2. The maximum Gasteiger partial charge on any atom is 0.319 e. The van der Waals surface area contributed by atoms with Gasteiger partial charge in [-0.3, -0.25) is 14.4 Å². The van der Waals surface area contributed by atoms with Gasteiger partial charge in [-0.25, -0.2) is 4.39 Å². The normalized spacial score (nSPS) is 11.5. The number of carbonyl (C=O) groups excluding carboxylic acids is 3. The van der Waals surface area contributed by atoms with Gasteiger partial charge in [-0.15, -0.1) is 11.8 Å². The fourth-order valence-electron chi connectivity index (χ4n) is 2.32. The first-order valence-electron chi connectivity index (χ1n) is 8.59. The minimum absolute atomic E-state index is 0.00562. The average molecular weight is 404 g/mol. The third-order valence-corrected chi connectivity index (χ3v) is 4.84. The van der Waals surface area contributed by atoms with Crippen LogP contribution in [0.2, 0.25) is 0 Å². The highest BCUT2D eigenvalue weighted by atomic mass is 32.2. The quantitative estimate of drug-likeness (QED) is 0.513. The zero-order chi connectivity index (χ0) is 20.5. The summed E-state index contributed by atoms with van der Waals surface area (Å²) in [6.07, 6.45) is -0.0721. The highest BCUT2D eigenvalue weighted by molar-refractivity contribution is 8.00. The van der Waals surface area contributed by atoms with E-state index in [0.29, 0.717) is 5.69 Å². The highest BCUT2D eigenvalue weighted by Gasteiger charge is 2.21. The van der Waals surface area contributed by atoms with Gasteiger partial charge in [0.05, 0.1) is 0 Å². The first kappa shape index (κ1) is 21.4. The molecule has 148 valence electrons. The smallest absolute Gasteiger partial charge is 0.319 e. The van der Waals surface area contributed by atoms with E-state index in [9.17, 15) is 18.8 Å². The number of hydrogen-bond acceptors (Lipinski definition) is 5. The van der Waals surface area contributed by atoms with E-state index in [0.717, 1.165) is 4.90 Å². The van der Waals surface area contributed by atoms with Crippen molar-refractivity contribution in [2.75, 3.05) is 18.1 Å². The Morgan fingerprint density at radius 3 is 2.36 bits per heavy atom. The van der Waals surface area contributed by atoms with E-state index in [4.69, 9.17) is 10.5 Å². The van der Waals surface area contributed by atoms with Gasteiger partial charge in [-0.1, -0.05) is 18.2 Å². The van der Waals surface area contributed by atoms with Crippen molar-refractivity contribution in [3.8, 4) is 0 Å². The number of nitrogens with zero attached hydrogens (tertiary/aromatic N) is 1. The van der Waals surface area contributed by atoms with Gasteiger partial charge in [-0.05, 0) is 43.3 Å². The van der Waals surface area contributed by atoms with Crippen LogP contribution >= 0.6 is 11.8 Å². The van der Waals surface area contributed by atoms with Crippen LogP contribution in [0.25, 0.3) is 0 Å². The highest BCUT2D eigenvalue weighted by Crippen LogP contribution is 2.23. The molecular weight excluding hydrogens is 383 g/mol. The second-order valence-electron chi connectivity index (χ2n) is 5.92. The molecule has 1 atom stereocenters. The summed E-state index contributed by atoms with van der Waals surface area (Å²) in [6.45, 7) is 1.20. The van der Waals surface area contributed by atoms with Crippen LogP contribution in [0.3, 0.4) is 0 Å². The molecule has 2 aromatic rings. The topological polar surface area (TPSA) is 89.7 Å². The monoisotopic (exact) mass is 404 g/mol. The molecule has 6 nitrogen and oxygen atoms in total. The van der Waals surface area contributed by atoms with Crippen LogP contribution in [-0.2, 0) is 19.1 Å². The maximum atomic E-state index is 13.1. The summed E-state index contributed by atoms with van der Waals surface area (Å²) in [5.41, 5.74) is 5.54. The number of halogens is 1. The molecule has 2 amide bonds. The molecule has 0 aliphatic heterocycles. The molecule has 2 rings (SSSR count). The molecule has 0 saturated heterocycles. The summed E-state index contributed by atoms with van der Waals surface area (Å²) >= 11 is 1.32. The zero-order valence-electron chi connectivity index (χ0n) is 15.3. The molecule has 28 heavy (non-hydrogen) atoms. The SMILES string of the molecule is CC(Sc1ccccc1)C(=O)OCC(=O)N(CCC(N)=O)c1ccc(F)cc1. The number of esters is 1. The molecule has 0 aromatic heterocycles. The van der Waals surface area contributed by atoms with Crippen LogP contribution in [0.15, 0.2) is 59.5 Å². The van der Waals surface area contributed by atoms with E-state index in [1.807, 2.05) is 30.3 Å². The lowest BCUT2D eigenvalue weighted by Crippen LogP contribution is -2.37. The van der Waals surface area contributed by atoms with E-state index in [2.05, 4.69) is 0 Å². The Morgan fingerprint density at radius 1 is 1.11 bits per heavy atom. The Balaban J connectivity index is 1.96. The number of ether oxygens (including phenoxy) is 1. The largest absolute Gasteiger partial charge is 0.455 e. The Hall–Kier alpha value is -2.87. The number of rotatable bonds is 9. The number of amides is 2. The predicted octanol–water partition coefficient (Wildman–Crippen LogP) is 2.76. The van der Waals surface area contributed by atoms with Crippen molar-refractivity contribution in [1.29, 1.82) is 0 Å². The van der Waals surface area contributed by atoms with Gasteiger partial charge in [-0.2, -0.15) is 0 Å². The fraction of sp³-hybridized carbons (Fsp3) is 0.250. The lowest BCUT2D eigenvalue weighted by Gasteiger charge is -2.22. The van der Waals surface area contributed by atoms with Crippen molar-refractivity contribution in [2.45, 2.75) is 23.5 Å². The zero-order valence-corrected chi connectivity index (χ0v) is 16.2. The van der Waals surface area contributed by atoms with Crippen molar-refractivity contribution in [2.24, 2.45) is 5.73 Å². The number of nitrogens with two attached hydrogens (primary N) is 1. The molecule has 0 radical (unpaired) electrons. The molecule has 2 N–H and O–H groups in total. The van der Waals surface area contributed by atoms with Gasteiger partial charge >= 0.3 is 5.97 Å². The number of benzene rings is 2. The third-order valence-electron chi connectivity index (χ3n) is 3.75. The number of hydrogen-bond donors (Lipinski definition) is 1. The Morgan fingerprint density at radius 2 is 1.75 bits per heavy atom. The lowest BCUT2D eigenvalue weighted by molar-refractivity contribution is -0.147. The van der Waals surface area contributed by atoms with Crippen molar-refractivity contribution >= 4 is 35.2 Å². The molecule has 0 spiro atoms. The first-order valence-corrected chi connectivity index (χ1v) is 9.47. The molecule has 0 heterocycles. The van der Waals surface area contributed by atoms with Gasteiger partial charge < -0.3 is 15.4 Å². The molecular formula is C20H21FN2O4S. The van der Waals surface area contributed by atoms with E-state index in [1.165, 1.54) is 40.9 Å².